The van der Waals surface area contributed by atoms with E-state index >= 15 is 0 Å². The molecule has 1 aliphatic carbocycles. The van der Waals surface area contributed by atoms with E-state index < -0.39 is 6.10 Å². The lowest BCUT2D eigenvalue weighted by Gasteiger charge is -2.16. The van der Waals surface area contributed by atoms with Gasteiger partial charge in [0.1, 0.15) is 6.10 Å². The standard InChI is InChI=1S/C17H19NO2S2/c19-16(14-7-4-10-21-14)15-9-8-13(22-15)11-18-17(20)12-5-2-1-3-6-12/h1-2,4,7-10,12,16,19H,3,5-6,11H2,(H,18,20)/t12-,16+/m0/s1. The van der Waals surface area contributed by atoms with Crippen LogP contribution in [0.2, 0.25) is 0 Å². The lowest BCUT2D eigenvalue weighted by atomic mass is 9.94. The molecule has 3 rings (SSSR count). The zero-order valence-corrected chi connectivity index (χ0v) is 13.8. The molecule has 0 bridgehead atoms. The Bertz CT molecular complexity index is 645. The van der Waals surface area contributed by atoms with Gasteiger partial charge in [-0.25, -0.2) is 0 Å². The third-order valence-corrected chi connectivity index (χ3v) is 5.90. The molecule has 2 aromatic rings. The van der Waals surface area contributed by atoms with E-state index in [1.165, 1.54) is 0 Å². The molecule has 3 nitrogen and oxygen atoms in total. The number of carbonyl (C=O) groups excluding carboxylic acids is 1. The minimum Gasteiger partial charge on any atom is -0.382 e. The maximum absolute atomic E-state index is 12.1. The van der Waals surface area contributed by atoms with E-state index in [0.29, 0.717) is 6.54 Å². The minimum atomic E-state index is -0.557. The van der Waals surface area contributed by atoms with Crippen LogP contribution in [0.1, 0.15) is 40.0 Å². The molecule has 22 heavy (non-hydrogen) atoms. The molecule has 1 amide bonds. The van der Waals surface area contributed by atoms with E-state index in [1.807, 2.05) is 29.6 Å². The lowest BCUT2D eigenvalue weighted by molar-refractivity contribution is -0.125. The fourth-order valence-electron chi connectivity index (χ4n) is 2.57. The number of thiophene rings is 2. The summed E-state index contributed by atoms with van der Waals surface area (Å²) in [6, 6.07) is 7.81. The first-order valence-corrected chi connectivity index (χ1v) is 9.16. The molecule has 2 heterocycles. The van der Waals surface area contributed by atoms with Crippen molar-refractivity contribution in [3.05, 3.63) is 56.4 Å². The highest BCUT2D eigenvalue weighted by Crippen LogP contribution is 2.31. The summed E-state index contributed by atoms with van der Waals surface area (Å²) in [6.07, 6.45) is 6.45. The first-order chi connectivity index (χ1) is 10.7. The topological polar surface area (TPSA) is 49.3 Å². The Morgan fingerprint density at radius 1 is 1.32 bits per heavy atom. The molecular weight excluding hydrogens is 314 g/mol. The lowest BCUT2D eigenvalue weighted by Crippen LogP contribution is -2.30. The highest BCUT2D eigenvalue weighted by molar-refractivity contribution is 7.12. The minimum absolute atomic E-state index is 0.112. The number of amides is 1. The van der Waals surface area contributed by atoms with E-state index in [1.54, 1.807) is 22.7 Å². The molecule has 0 radical (unpaired) electrons. The van der Waals surface area contributed by atoms with Crippen LogP contribution in [-0.4, -0.2) is 11.0 Å². The van der Waals surface area contributed by atoms with Crippen LogP contribution in [0.5, 0.6) is 0 Å². The van der Waals surface area contributed by atoms with Gasteiger partial charge in [0, 0.05) is 20.5 Å². The van der Waals surface area contributed by atoms with Crippen molar-refractivity contribution in [2.24, 2.45) is 5.92 Å². The Morgan fingerprint density at radius 2 is 2.23 bits per heavy atom. The number of aliphatic hydroxyl groups is 1. The van der Waals surface area contributed by atoms with Gasteiger partial charge in [0.15, 0.2) is 0 Å². The summed E-state index contributed by atoms with van der Waals surface area (Å²) < 4.78 is 0. The van der Waals surface area contributed by atoms with Crippen molar-refractivity contribution in [1.82, 2.24) is 5.32 Å². The second-order valence-corrected chi connectivity index (χ2v) is 7.60. The second kappa shape index (κ2) is 7.22. The van der Waals surface area contributed by atoms with Crippen LogP contribution < -0.4 is 5.32 Å². The largest absolute Gasteiger partial charge is 0.382 e. The number of aliphatic hydroxyl groups excluding tert-OH is 1. The van der Waals surface area contributed by atoms with Crippen molar-refractivity contribution in [3.63, 3.8) is 0 Å². The van der Waals surface area contributed by atoms with Gasteiger partial charge in [0.25, 0.3) is 0 Å². The molecule has 2 aromatic heterocycles. The van der Waals surface area contributed by atoms with E-state index in [2.05, 4.69) is 17.5 Å². The maximum atomic E-state index is 12.1. The summed E-state index contributed by atoms with van der Waals surface area (Å²) in [5, 5.41) is 15.3. The molecule has 5 heteroatoms. The monoisotopic (exact) mass is 333 g/mol. The molecule has 0 fully saturated rings. The molecule has 0 aromatic carbocycles. The average molecular weight is 333 g/mol. The molecule has 0 aliphatic heterocycles. The van der Waals surface area contributed by atoms with Crippen molar-refractivity contribution in [3.8, 4) is 0 Å². The summed E-state index contributed by atoms with van der Waals surface area (Å²) >= 11 is 3.11. The zero-order chi connectivity index (χ0) is 15.4. The molecule has 116 valence electrons. The van der Waals surface area contributed by atoms with Gasteiger partial charge >= 0.3 is 0 Å². The van der Waals surface area contributed by atoms with Gasteiger partial charge in [0.2, 0.25) is 5.91 Å². The Hall–Kier alpha value is -1.43. The van der Waals surface area contributed by atoms with E-state index in [4.69, 9.17) is 0 Å². The predicted octanol–water partition coefficient (Wildman–Crippen LogP) is 3.86. The highest BCUT2D eigenvalue weighted by atomic mass is 32.1. The van der Waals surface area contributed by atoms with Crippen LogP contribution in [0, 0.1) is 5.92 Å². The SMILES string of the molecule is O=C(NCc1ccc([C@H](O)c2cccs2)s1)[C@H]1CC=CCC1. The molecule has 1 aliphatic rings. The van der Waals surface area contributed by atoms with E-state index in [0.717, 1.165) is 33.9 Å². The van der Waals surface area contributed by atoms with Crippen molar-refractivity contribution in [2.75, 3.05) is 0 Å². The predicted molar refractivity (Wildman–Crippen MR) is 91.0 cm³/mol. The van der Waals surface area contributed by atoms with Crippen LogP contribution in [0.25, 0.3) is 0 Å². The van der Waals surface area contributed by atoms with Crippen LogP contribution in [0.4, 0.5) is 0 Å². The fraction of sp³-hybridized carbons (Fsp3) is 0.353. The average Bonchev–Trinajstić information content (AvgIpc) is 3.24. The number of hydrogen-bond acceptors (Lipinski definition) is 4. The number of carbonyl (C=O) groups is 1. The van der Waals surface area contributed by atoms with Crippen LogP contribution in [-0.2, 0) is 11.3 Å². The van der Waals surface area contributed by atoms with Crippen LogP contribution in [0.15, 0.2) is 41.8 Å². The number of hydrogen-bond donors (Lipinski definition) is 2. The fourth-order valence-corrected chi connectivity index (χ4v) is 4.33. The molecule has 0 unspecified atom stereocenters. The number of nitrogens with one attached hydrogen (secondary N) is 1. The normalized spacial score (nSPS) is 19.0. The molecule has 2 N–H and O–H groups in total. The smallest absolute Gasteiger partial charge is 0.223 e. The van der Waals surface area contributed by atoms with Gasteiger partial charge in [-0.1, -0.05) is 18.2 Å². The first-order valence-electron chi connectivity index (χ1n) is 7.47. The summed E-state index contributed by atoms with van der Waals surface area (Å²) in [4.78, 5) is 15.1. The van der Waals surface area contributed by atoms with Gasteiger partial charge in [-0.3, -0.25) is 4.79 Å². The Labute approximate surface area is 138 Å². The second-order valence-electron chi connectivity index (χ2n) is 5.42. The van der Waals surface area contributed by atoms with Crippen molar-refractivity contribution in [1.29, 1.82) is 0 Å². The summed E-state index contributed by atoms with van der Waals surface area (Å²) in [5.74, 6) is 0.249. The molecule has 0 spiro atoms. The zero-order valence-electron chi connectivity index (χ0n) is 12.2. The van der Waals surface area contributed by atoms with E-state index in [-0.39, 0.29) is 11.8 Å². The van der Waals surface area contributed by atoms with Gasteiger partial charge in [-0.05, 0) is 42.8 Å². The highest BCUT2D eigenvalue weighted by Gasteiger charge is 2.19. The van der Waals surface area contributed by atoms with E-state index in [9.17, 15) is 9.90 Å². The maximum Gasteiger partial charge on any atom is 0.223 e. The summed E-state index contributed by atoms with van der Waals surface area (Å²) in [5.41, 5.74) is 0. The van der Waals surface area contributed by atoms with Crippen LogP contribution >= 0.6 is 22.7 Å². The van der Waals surface area contributed by atoms with Gasteiger partial charge in [-0.2, -0.15) is 0 Å². The van der Waals surface area contributed by atoms with Crippen molar-refractivity contribution in [2.45, 2.75) is 31.9 Å². The Morgan fingerprint density at radius 3 is 2.95 bits per heavy atom. The molecule has 0 saturated heterocycles. The number of allylic oxidation sites excluding steroid dienone is 2. The third-order valence-electron chi connectivity index (χ3n) is 3.84. The van der Waals surface area contributed by atoms with Crippen LogP contribution in [0.3, 0.4) is 0 Å². The Balaban J connectivity index is 1.55. The molecule has 0 saturated carbocycles. The van der Waals surface area contributed by atoms with Gasteiger partial charge < -0.3 is 10.4 Å². The molecule has 2 atom stereocenters. The van der Waals surface area contributed by atoms with Gasteiger partial charge in [-0.15, -0.1) is 22.7 Å². The number of rotatable bonds is 5. The summed E-state index contributed by atoms with van der Waals surface area (Å²) in [6.45, 7) is 0.543. The van der Waals surface area contributed by atoms with Crippen molar-refractivity contribution >= 4 is 28.6 Å². The quantitative estimate of drug-likeness (QED) is 0.816. The first kappa shape index (κ1) is 15.5. The third kappa shape index (κ3) is 3.66. The van der Waals surface area contributed by atoms with Crippen molar-refractivity contribution < 1.29 is 9.90 Å². The summed E-state index contributed by atoms with van der Waals surface area (Å²) in [7, 11) is 0. The Kier molecular flexibility index (Phi) is 5.08. The molecular formula is C17H19NO2S2. The van der Waals surface area contributed by atoms with Gasteiger partial charge in [0.05, 0.1) is 6.54 Å².